The number of phenolic OH excluding ortho intramolecular Hbond substituents is 1. The summed E-state index contributed by atoms with van der Waals surface area (Å²) in [5.74, 6) is 0.354. The molecule has 0 bridgehead atoms. The molecule has 1 aliphatic rings. The van der Waals surface area contributed by atoms with E-state index in [9.17, 15) is 5.11 Å². The van der Waals surface area contributed by atoms with Crippen molar-refractivity contribution in [2.24, 2.45) is 0 Å². The molecule has 0 aliphatic carbocycles. The normalized spacial score (nSPS) is 17.3. The van der Waals surface area contributed by atoms with Crippen LogP contribution in [0.3, 0.4) is 0 Å². The molecule has 1 aliphatic heterocycles. The molecule has 1 saturated heterocycles. The molecule has 0 aromatic heterocycles. The van der Waals surface area contributed by atoms with Gasteiger partial charge in [-0.05, 0) is 25.0 Å². The van der Waals surface area contributed by atoms with Crippen molar-refractivity contribution < 1.29 is 5.11 Å². The summed E-state index contributed by atoms with van der Waals surface area (Å²) in [6, 6.07) is 3.72. The maximum atomic E-state index is 9.99. The van der Waals surface area contributed by atoms with Gasteiger partial charge in [0.2, 0.25) is 0 Å². The van der Waals surface area contributed by atoms with Crippen LogP contribution in [-0.4, -0.2) is 42.7 Å². The van der Waals surface area contributed by atoms with E-state index in [0.29, 0.717) is 10.8 Å². The van der Waals surface area contributed by atoms with Gasteiger partial charge in [0.1, 0.15) is 5.75 Å². The molecule has 0 spiro atoms. The summed E-state index contributed by atoms with van der Waals surface area (Å²) >= 11 is 6.13. The van der Waals surface area contributed by atoms with Gasteiger partial charge in [-0.15, -0.1) is 0 Å². The zero-order valence-corrected chi connectivity index (χ0v) is 10.9. The van der Waals surface area contributed by atoms with E-state index >= 15 is 0 Å². The van der Waals surface area contributed by atoms with Gasteiger partial charge in [0.15, 0.2) is 0 Å². The van der Waals surface area contributed by atoms with E-state index in [2.05, 4.69) is 10.2 Å². The number of nitrogens with one attached hydrogen (secondary N) is 1. The van der Waals surface area contributed by atoms with Crippen molar-refractivity contribution in [1.82, 2.24) is 10.2 Å². The second kappa shape index (κ2) is 5.71. The van der Waals surface area contributed by atoms with Gasteiger partial charge in [-0.3, -0.25) is 0 Å². The standard InChI is InChI=1S/C13H19ClN2O/c1-10-2-3-12(14)11(13(10)17)4-7-16-8-5-15-6-9-16/h2-3,15,17H,4-9H2,1H3. The molecule has 2 rings (SSSR count). The van der Waals surface area contributed by atoms with Crippen LogP contribution in [0.15, 0.2) is 12.1 Å². The molecule has 0 atom stereocenters. The Bertz CT molecular complexity index is 389. The summed E-state index contributed by atoms with van der Waals surface area (Å²) in [6.45, 7) is 7.11. The van der Waals surface area contributed by atoms with Crippen molar-refractivity contribution in [3.05, 3.63) is 28.3 Å². The van der Waals surface area contributed by atoms with Crippen molar-refractivity contribution in [2.75, 3.05) is 32.7 Å². The number of rotatable bonds is 3. The Morgan fingerprint density at radius 1 is 1.35 bits per heavy atom. The molecule has 1 heterocycles. The molecule has 4 heteroatoms. The van der Waals surface area contributed by atoms with Crippen LogP contribution in [0.2, 0.25) is 5.02 Å². The second-order valence-corrected chi connectivity index (χ2v) is 4.94. The molecular formula is C13H19ClN2O. The number of nitrogens with zero attached hydrogens (tertiary/aromatic N) is 1. The van der Waals surface area contributed by atoms with Crippen molar-refractivity contribution in [1.29, 1.82) is 0 Å². The summed E-state index contributed by atoms with van der Waals surface area (Å²) in [7, 11) is 0. The first-order valence-electron chi connectivity index (χ1n) is 6.08. The molecule has 94 valence electrons. The third-order valence-corrected chi connectivity index (χ3v) is 3.67. The average molecular weight is 255 g/mol. The second-order valence-electron chi connectivity index (χ2n) is 4.53. The Hall–Kier alpha value is -0.770. The summed E-state index contributed by atoms with van der Waals surface area (Å²) in [5.41, 5.74) is 1.77. The van der Waals surface area contributed by atoms with E-state index in [1.807, 2.05) is 19.1 Å². The maximum absolute atomic E-state index is 9.99. The molecule has 2 N–H and O–H groups in total. The van der Waals surface area contributed by atoms with Crippen LogP contribution in [0.5, 0.6) is 5.75 Å². The van der Waals surface area contributed by atoms with Crippen molar-refractivity contribution in [2.45, 2.75) is 13.3 Å². The lowest BCUT2D eigenvalue weighted by atomic mass is 10.1. The van der Waals surface area contributed by atoms with Crippen LogP contribution < -0.4 is 5.32 Å². The minimum atomic E-state index is 0.354. The molecule has 1 aromatic rings. The quantitative estimate of drug-likeness (QED) is 0.864. The number of benzene rings is 1. The number of aromatic hydroxyl groups is 1. The fraction of sp³-hybridized carbons (Fsp3) is 0.538. The molecular weight excluding hydrogens is 236 g/mol. The SMILES string of the molecule is Cc1ccc(Cl)c(CCN2CCNCC2)c1O. The monoisotopic (exact) mass is 254 g/mol. The molecule has 1 aromatic carbocycles. The minimum Gasteiger partial charge on any atom is -0.507 e. The smallest absolute Gasteiger partial charge is 0.123 e. The van der Waals surface area contributed by atoms with Gasteiger partial charge in [0.25, 0.3) is 0 Å². The Morgan fingerprint density at radius 2 is 2.06 bits per heavy atom. The number of phenols is 1. The number of aryl methyl sites for hydroxylation is 1. The van der Waals surface area contributed by atoms with Crippen LogP contribution in [0.25, 0.3) is 0 Å². The lowest BCUT2D eigenvalue weighted by Gasteiger charge is -2.27. The van der Waals surface area contributed by atoms with Crippen LogP contribution in [0, 0.1) is 6.92 Å². The largest absolute Gasteiger partial charge is 0.507 e. The van der Waals surface area contributed by atoms with Crippen LogP contribution in [0.4, 0.5) is 0 Å². The fourth-order valence-electron chi connectivity index (χ4n) is 2.17. The predicted molar refractivity (Wildman–Crippen MR) is 70.9 cm³/mol. The van der Waals surface area contributed by atoms with E-state index in [4.69, 9.17) is 11.6 Å². The van der Waals surface area contributed by atoms with Gasteiger partial charge in [-0.2, -0.15) is 0 Å². The van der Waals surface area contributed by atoms with E-state index in [0.717, 1.165) is 50.3 Å². The highest BCUT2D eigenvalue weighted by molar-refractivity contribution is 6.31. The number of hydrogen-bond acceptors (Lipinski definition) is 3. The van der Waals surface area contributed by atoms with Gasteiger partial charge >= 0.3 is 0 Å². The molecule has 0 radical (unpaired) electrons. The highest BCUT2D eigenvalue weighted by Crippen LogP contribution is 2.29. The Labute approximate surface area is 107 Å². The first-order chi connectivity index (χ1) is 8.18. The maximum Gasteiger partial charge on any atom is 0.123 e. The van der Waals surface area contributed by atoms with Crippen molar-refractivity contribution >= 4 is 11.6 Å². The Balaban J connectivity index is 2.00. The van der Waals surface area contributed by atoms with Gasteiger partial charge in [-0.25, -0.2) is 0 Å². The Kier molecular flexibility index (Phi) is 4.26. The fourth-order valence-corrected chi connectivity index (χ4v) is 2.42. The molecule has 3 nitrogen and oxygen atoms in total. The first kappa shape index (κ1) is 12.7. The van der Waals surface area contributed by atoms with Crippen LogP contribution in [0.1, 0.15) is 11.1 Å². The van der Waals surface area contributed by atoms with Crippen molar-refractivity contribution in [3.8, 4) is 5.75 Å². The third kappa shape index (κ3) is 3.12. The summed E-state index contributed by atoms with van der Waals surface area (Å²) in [6.07, 6.45) is 0.812. The predicted octanol–water partition coefficient (Wildman–Crippen LogP) is 1.80. The van der Waals surface area contributed by atoms with Gasteiger partial charge in [0, 0.05) is 43.3 Å². The molecule has 0 amide bonds. The zero-order valence-electron chi connectivity index (χ0n) is 10.2. The zero-order chi connectivity index (χ0) is 12.3. The van der Waals surface area contributed by atoms with Gasteiger partial charge < -0.3 is 15.3 Å². The average Bonchev–Trinajstić information content (AvgIpc) is 2.35. The Morgan fingerprint density at radius 3 is 2.76 bits per heavy atom. The summed E-state index contributed by atoms with van der Waals surface area (Å²) in [5, 5.41) is 14.0. The molecule has 0 unspecified atom stereocenters. The lowest BCUT2D eigenvalue weighted by molar-refractivity contribution is 0.243. The van der Waals surface area contributed by atoms with E-state index in [1.165, 1.54) is 0 Å². The summed E-state index contributed by atoms with van der Waals surface area (Å²) < 4.78 is 0. The molecule has 1 fully saturated rings. The van der Waals surface area contributed by atoms with Crippen LogP contribution in [-0.2, 0) is 6.42 Å². The summed E-state index contributed by atoms with van der Waals surface area (Å²) in [4.78, 5) is 2.40. The number of piperazine rings is 1. The lowest BCUT2D eigenvalue weighted by Crippen LogP contribution is -2.44. The van der Waals surface area contributed by atoms with E-state index in [1.54, 1.807) is 0 Å². The first-order valence-corrected chi connectivity index (χ1v) is 6.46. The van der Waals surface area contributed by atoms with Crippen molar-refractivity contribution in [3.63, 3.8) is 0 Å². The molecule has 0 saturated carbocycles. The topological polar surface area (TPSA) is 35.5 Å². The molecule has 17 heavy (non-hydrogen) atoms. The highest BCUT2D eigenvalue weighted by Gasteiger charge is 2.13. The number of halogens is 1. The minimum absolute atomic E-state index is 0.354. The van der Waals surface area contributed by atoms with E-state index < -0.39 is 0 Å². The van der Waals surface area contributed by atoms with Crippen LogP contribution >= 0.6 is 11.6 Å². The van der Waals surface area contributed by atoms with E-state index in [-0.39, 0.29) is 0 Å². The number of hydrogen-bond donors (Lipinski definition) is 2. The van der Waals surface area contributed by atoms with Gasteiger partial charge in [0.05, 0.1) is 0 Å². The highest BCUT2D eigenvalue weighted by atomic mass is 35.5. The van der Waals surface area contributed by atoms with Gasteiger partial charge in [-0.1, -0.05) is 17.7 Å². The third-order valence-electron chi connectivity index (χ3n) is 3.31.